The lowest BCUT2D eigenvalue weighted by atomic mass is 10.3. The van der Waals surface area contributed by atoms with Crippen LogP contribution in [0.2, 0.25) is 0 Å². The monoisotopic (exact) mass is 280 g/mol. The highest BCUT2D eigenvalue weighted by Gasteiger charge is 2.26. The lowest BCUT2D eigenvalue weighted by Gasteiger charge is -2.11. The van der Waals surface area contributed by atoms with Gasteiger partial charge in [-0.2, -0.15) is 10.1 Å². The third kappa shape index (κ3) is 2.76. The Morgan fingerprint density at radius 1 is 1.55 bits per heavy atom. The van der Waals surface area contributed by atoms with Crippen molar-refractivity contribution in [2.24, 2.45) is 0 Å². The number of anilines is 1. The van der Waals surface area contributed by atoms with Gasteiger partial charge in [0.1, 0.15) is 5.69 Å². The van der Waals surface area contributed by atoms with Crippen LogP contribution in [-0.4, -0.2) is 31.4 Å². The molecule has 9 heteroatoms. The van der Waals surface area contributed by atoms with E-state index in [2.05, 4.69) is 20.6 Å². The van der Waals surface area contributed by atoms with Crippen molar-refractivity contribution in [1.82, 2.24) is 19.9 Å². The van der Waals surface area contributed by atoms with Crippen molar-refractivity contribution in [3.63, 3.8) is 0 Å². The maximum Gasteiger partial charge on any atom is 0.333 e. The van der Waals surface area contributed by atoms with E-state index in [0.29, 0.717) is 30.4 Å². The first-order valence-electron chi connectivity index (χ1n) is 6.23. The summed E-state index contributed by atoms with van der Waals surface area (Å²) in [5.41, 5.74) is 0.396. The van der Waals surface area contributed by atoms with Crippen LogP contribution in [0.1, 0.15) is 31.5 Å². The molecule has 2 rings (SSSR count). The Morgan fingerprint density at radius 3 is 2.85 bits per heavy atom. The summed E-state index contributed by atoms with van der Waals surface area (Å²) in [5, 5.41) is 21.9. The number of aromatic nitrogens is 4. The number of rotatable bonds is 6. The molecule has 0 bridgehead atoms. The maximum atomic E-state index is 11.1. The van der Waals surface area contributed by atoms with Gasteiger partial charge in [0.15, 0.2) is 6.33 Å². The molecule has 0 saturated heterocycles. The van der Waals surface area contributed by atoms with Gasteiger partial charge in [0.05, 0.1) is 4.92 Å². The third-order valence-electron chi connectivity index (χ3n) is 2.76. The second kappa shape index (κ2) is 5.68. The van der Waals surface area contributed by atoms with Crippen molar-refractivity contribution in [2.75, 3.05) is 11.9 Å². The Labute approximate surface area is 115 Å². The van der Waals surface area contributed by atoms with Crippen LogP contribution in [-0.2, 0) is 6.42 Å². The van der Waals surface area contributed by atoms with Gasteiger partial charge in [-0.05, 0) is 20.8 Å². The Morgan fingerprint density at radius 2 is 2.30 bits per heavy atom. The van der Waals surface area contributed by atoms with Crippen molar-refractivity contribution in [2.45, 2.75) is 33.2 Å². The highest BCUT2D eigenvalue weighted by atomic mass is 16.6. The predicted octanol–water partition coefficient (Wildman–Crippen LogP) is 1.72. The highest BCUT2D eigenvalue weighted by molar-refractivity contribution is 5.59. The molecule has 2 aromatic heterocycles. The largest absolute Gasteiger partial charge is 0.364 e. The van der Waals surface area contributed by atoms with E-state index in [9.17, 15) is 10.1 Å². The minimum Gasteiger partial charge on any atom is -0.364 e. The van der Waals surface area contributed by atoms with E-state index in [1.165, 1.54) is 6.33 Å². The fourth-order valence-electron chi connectivity index (χ4n) is 1.89. The van der Waals surface area contributed by atoms with Crippen LogP contribution in [0.3, 0.4) is 0 Å². The molecule has 2 heterocycles. The molecule has 0 aliphatic carbocycles. The third-order valence-corrected chi connectivity index (χ3v) is 2.76. The van der Waals surface area contributed by atoms with Crippen LogP contribution in [0.15, 0.2) is 10.9 Å². The molecule has 20 heavy (non-hydrogen) atoms. The van der Waals surface area contributed by atoms with Crippen LogP contribution in [0.5, 0.6) is 0 Å². The van der Waals surface area contributed by atoms with Crippen LogP contribution in [0.4, 0.5) is 11.5 Å². The lowest BCUT2D eigenvalue weighted by Crippen LogP contribution is -2.13. The average Bonchev–Trinajstić information content (AvgIpc) is 2.97. The number of nitrogens with zero attached hydrogens (tertiary/aromatic N) is 5. The minimum absolute atomic E-state index is 0.00392. The molecule has 0 fully saturated rings. The number of hydrogen-bond acceptors (Lipinski definition) is 7. The molecule has 0 amide bonds. The van der Waals surface area contributed by atoms with E-state index in [4.69, 9.17) is 4.52 Å². The molecule has 0 unspecified atom stereocenters. The Kier molecular flexibility index (Phi) is 3.97. The molecular formula is C11H16N6O3. The van der Waals surface area contributed by atoms with Gasteiger partial charge < -0.3 is 9.84 Å². The second-order valence-corrected chi connectivity index (χ2v) is 4.59. The molecule has 1 N–H and O–H groups in total. The average molecular weight is 280 g/mol. The summed E-state index contributed by atoms with van der Waals surface area (Å²) in [6.07, 6.45) is 1.81. The predicted molar refractivity (Wildman–Crippen MR) is 70.5 cm³/mol. The van der Waals surface area contributed by atoms with Crippen molar-refractivity contribution in [3.05, 3.63) is 28.0 Å². The van der Waals surface area contributed by atoms with Gasteiger partial charge in [-0.25, -0.2) is 4.68 Å². The van der Waals surface area contributed by atoms with E-state index in [0.717, 1.165) is 0 Å². The van der Waals surface area contributed by atoms with Crippen LogP contribution in [0, 0.1) is 17.0 Å². The molecule has 2 aromatic rings. The molecule has 9 nitrogen and oxygen atoms in total. The quantitative estimate of drug-likeness (QED) is 0.633. The first-order valence-corrected chi connectivity index (χ1v) is 6.23. The summed E-state index contributed by atoms with van der Waals surface area (Å²) in [5.74, 6) is 0.884. The molecule has 0 saturated carbocycles. The Hall–Kier alpha value is -2.45. The smallest absolute Gasteiger partial charge is 0.333 e. The van der Waals surface area contributed by atoms with Crippen molar-refractivity contribution in [3.8, 4) is 0 Å². The van der Waals surface area contributed by atoms with Gasteiger partial charge >= 0.3 is 5.69 Å². The number of hydrogen-bond donors (Lipinski definition) is 1. The Balaban J connectivity index is 2.18. The van der Waals surface area contributed by atoms with Gasteiger partial charge in [-0.1, -0.05) is 5.16 Å². The molecule has 0 aliphatic rings. The number of nitro groups is 1. The molecule has 108 valence electrons. The summed E-state index contributed by atoms with van der Waals surface area (Å²) in [4.78, 5) is 14.6. The highest BCUT2D eigenvalue weighted by Crippen LogP contribution is 2.30. The van der Waals surface area contributed by atoms with E-state index in [-0.39, 0.29) is 11.7 Å². The summed E-state index contributed by atoms with van der Waals surface area (Å²) in [6, 6.07) is 0.0216. The fourth-order valence-corrected chi connectivity index (χ4v) is 1.89. The zero-order valence-electron chi connectivity index (χ0n) is 11.5. The standard InChI is InChI=1S/C11H16N6O3/c1-7(2)16-11(10(17(18)19)8(3)15-16)12-5-4-9-13-6-14-20-9/h6-7,12H,4-5H2,1-3H3. The van der Waals surface area contributed by atoms with Gasteiger partial charge in [0.2, 0.25) is 11.7 Å². The van der Waals surface area contributed by atoms with E-state index >= 15 is 0 Å². The zero-order chi connectivity index (χ0) is 14.7. The molecule has 0 radical (unpaired) electrons. The van der Waals surface area contributed by atoms with E-state index in [1.807, 2.05) is 13.8 Å². The van der Waals surface area contributed by atoms with Crippen LogP contribution < -0.4 is 5.32 Å². The first kappa shape index (κ1) is 14.0. The van der Waals surface area contributed by atoms with Crippen molar-refractivity contribution in [1.29, 1.82) is 0 Å². The van der Waals surface area contributed by atoms with E-state index < -0.39 is 4.92 Å². The van der Waals surface area contributed by atoms with Gasteiger partial charge in [0.25, 0.3) is 0 Å². The number of aryl methyl sites for hydroxylation is 1. The second-order valence-electron chi connectivity index (χ2n) is 4.59. The van der Waals surface area contributed by atoms with Gasteiger partial charge in [0, 0.05) is 19.0 Å². The molecule has 0 spiro atoms. The molecular weight excluding hydrogens is 264 g/mol. The Bertz CT molecular complexity index is 590. The van der Waals surface area contributed by atoms with Crippen LogP contribution in [0.25, 0.3) is 0 Å². The van der Waals surface area contributed by atoms with E-state index in [1.54, 1.807) is 11.6 Å². The molecule has 0 aromatic carbocycles. The summed E-state index contributed by atoms with van der Waals surface area (Å²) in [7, 11) is 0. The summed E-state index contributed by atoms with van der Waals surface area (Å²) in [6.45, 7) is 5.90. The maximum absolute atomic E-state index is 11.1. The normalized spacial score (nSPS) is 11.0. The van der Waals surface area contributed by atoms with Crippen molar-refractivity contribution < 1.29 is 9.45 Å². The SMILES string of the molecule is Cc1nn(C(C)C)c(NCCc2ncno2)c1[N+](=O)[O-]. The topological polar surface area (TPSA) is 112 Å². The summed E-state index contributed by atoms with van der Waals surface area (Å²) >= 11 is 0. The van der Waals surface area contributed by atoms with Gasteiger partial charge in [-0.3, -0.25) is 10.1 Å². The van der Waals surface area contributed by atoms with Gasteiger partial charge in [-0.15, -0.1) is 0 Å². The zero-order valence-corrected chi connectivity index (χ0v) is 11.5. The van der Waals surface area contributed by atoms with Crippen molar-refractivity contribution >= 4 is 11.5 Å². The molecule has 0 atom stereocenters. The van der Waals surface area contributed by atoms with Crippen LogP contribution >= 0.6 is 0 Å². The lowest BCUT2D eigenvalue weighted by molar-refractivity contribution is -0.384. The summed E-state index contributed by atoms with van der Waals surface area (Å²) < 4.78 is 6.49. The number of nitrogens with one attached hydrogen (secondary N) is 1. The fraction of sp³-hybridized carbons (Fsp3) is 0.545. The first-order chi connectivity index (χ1) is 9.50. The minimum atomic E-state index is -0.420. The molecule has 0 aliphatic heterocycles.